The number of rotatable bonds is 12. The summed E-state index contributed by atoms with van der Waals surface area (Å²) < 4.78 is 6.53. The van der Waals surface area contributed by atoms with E-state index >= 15 is 0 Å². The van der Waals surface area contributed by atoms with Gasteiger partial charge in [0.15, 0.2) is 4.77 Å². The van der Waals surface area contributed by atoms with Crippen LogP contribution in [0.1, 0.15) is 151 Å². The van der Waals surface area contributed by atoms with Gasteiger partial charge in [0.1, 0.15) is 0 Å². The molecule has 0 unspecified atom stereocenters. The third-order valence-electron chi connectivity index (χ3n) is 8.82. The maximum atomic E-state index is 9.43. The number of hydrogen-bond donors (Lipinski definition) is 4. The number of carbonyl (C=O) groups is 2. The van der Waals surface area contributed by atoms with E-state index in [-0.39, 0.29) is 61.3 Å². The average Bonchev–Trinajstić information content (AvgIpc) is 4.25. The van der Waals surface area contributed by atoms with Crippen molar-refractivity contribution in [3.8, 4) is 0 Å². The lowest BCUT2D eigenvalue weighted by molar-refractivity contribution is -0.127. The van der Waals surface area contributed by atoms with Gasteiger partial charge < -0.3 is 45.6 Å². The third kappa shape index (κ3) is 46.0. The van der Waals surface area contributed by atoms with Crippen molar-refractivity contribution in [2.75, 3.05) is 0 Å². The van der Waals surface area contributed by atoms with Gasteiger partial charge in [0.05, 0.1) is 61.6 Å². The highest BCUT2D eigenvalue weighted by Gasteiger charge is 2.04. The number of halogens is 4. The number of nitrogens with one attached hydrogen (secondary N) is 1. The average molecular weight is 1290 g/mol. The second kappa shape index (κ2) is 69.7. The molecule has 466 valence electrons. The molecule has 3 heterocycles. The van der Waals surface area contributed by atoms with Crippen LogP contribution in [0.4, 0.5) is 0 Å². The number of carbonyl (C=O) groups excluding carboxylic acids is 2. The first-order valence-electron chi connectivity index (χ1n) is 25.0. The minimum Gasteiger partial charge on any atom is -0.412 e. The Hall–Kier alpha value is -5.56. The summed E-state index contributed by atoms with van der Waals surface area (Å²) in [6.07, 6.45) is 8.77. The molecule has 0 amide bonds. The Morgan fingerprint density at radius 2 is 0.805 bits per heavy atom. The Morgan fingerprint density at radius 3 is 1.07 bits per heavy atom. The standard InChI is InChI=1S/C11H11ClN2.C11H12N2OS.C11H12N2O.C7H7Br.C7H9N.C2Cl2O2.5C2H6.5CH4.2H2O/c12-6-11-7-13-9-14(11)8-10-4-2-1-3-5-10;14-8-10-6-12-11(15)13(10)7-9-4-2-1-3-5-9;14-8-11-6-12-9-13(11)7-10-4-2-1-3-5-10;2*8-6-7-4-2-1-3-5-7;3-1(5)2(4)6;5*1-2;;;;;;;/h1-5,7,9H,6,8H2;1-6,14H,7-8H2,(H,12,15);1-6,9,14H,7-8H2;1-5H,6H2;1-5H,6,8H2;;5*1-2H3;5*1H4;2*1H2. The lowest BCUT2D eigenvalue weighted by Gasteiger charge is -2.06. The van der Waals surface area contributed by atoms with Crippen molar-refractivity contribution in [3.63, 3.8) is 0 Å². The summed E-state index contributed by atoms with van der Waals surface area (Å²) in [5, 5.41) is 16.8. The number of benzene rings is 5. The number of aromatic nitrogens is 6. The van der Waals surface area contributed by atoms with Crippen molar-refractivity contribution in [1.82, 2.24) is 28.7 Å². The highest BCUT2D eigenvalue weighted by molar-refractivity contribution is 9.08. The molecule has 0 fully saturated rings. The molecule has 0 spiro atoms. The van der Waals surface area contributed by atoms with Crippen molar-refractivity contribution in [2.45, 2.75) is 157 Å². The van der Waals surface area contributed by atoms with E-state index in [1.54, 1.807) is 24.9 Å². The maximum Gasteiger partial charge on any atom is 0.304 e. The molecule has 82 heavy (non-hydrogen) atoms. The zero-order chi connectivity index (χ0) is 57.1. The number of hydrogen-bond acceptors (Lipinski definition) is 8. The van der Waals surface area contributed by atoms with Gasteiger partial charge in [0.25, 0.3) is 0 Å². The van der Waals surface area contributed by atoms with Crippen molar-refractivity contribution in [1.29, 1.82) is 0 Å². The molecule has 0 bridgehead atoms. The van der Waals surface area contributed by atoms with E-state index in [1.165, 1.54) is 27.8 Å². The number of nitrogens with two attached hydrogens (primary N) is 1. The second-order valence-electron chi connectivity index (χ2n) is 13.5. The lowest BCUT2D eigenvalue weighted by atomic mass is 10.2. The van der Waals surface area contributed by atoms with Gasteiger partial charge in [-0.15, -0.1) is 11.6 Å². The highest BCUT2D eigenvalue weighted by Crippen LogP contribution is 2.10. The van der Waals surface area contributed by atoms with Gasteiger partial charge in [-0.2, -0.15) is 0 Å². The molecule has 0 saturated heterocycles. The van der Waals surface area contributed by atoms with Crippen molar-refractivity contribution < 1.29 is 30.8 Å². The summed E-state index contributed by atoms with van der Waals surface area (Å²) in [4.78, 5) is 29.8. The molecular weight excluding hydrogens is 1180 g/mol. The Labute approximate surface area is 524 Å². The normalized spacial score (nSPS) is 8.16. The molecule has 3 aromatic heterocycles. The van der Waals surface area contributed by atoms with Crippen LogP contribution in [0.5, 0.6) is 0 Å². The fraction of sp³-hybridized carbons (Fsp3) is 0.359. The molecule has 13 nitrogen and oxygen atoms in total. The van der Waals surface area contributed by atoms with Gasteiger partial charge in [0.2, 0.25) is 0 Å². The molecular formula is C64H105BrCl3N7O6S. The smallest absolute Gasteiger partial charge is 0.304 e. The van der Waals surface area contributed by atoms with Crippen LogP contribution in [0.2, 0.25) is 0 Å². The summed E-state index contributed by atoms with van der Waals surface area (Å²) in [6.45, 7) is 23.0. The molecule has 8 rings (SSSR count). The van der Waals surface area contributed by atoms with E-state index in [1.807, 2.05) is 200 Å². The quantitative estimate of drug-likeness (QED) is 0.0398. The van der Waals surface area contributed by atoms with E-state index in [2.05, 4.69) is 95.0 Å². The highest BCUT2D eigenvalue weighted by atomic mass is 79.9. The van der Waals surface area contributed by atoms with Gasteiger partial charge in [-0.25, -0.2) is 9.97 Å². The Balaban J connectivity index is -0.0000000922. The van der Waals surface area contributed by atoms with E-state index in [0.29, 0.717) is 23.7 Å². The lowest BCUT2D eigenvalue weighted by Crippen LogP contribution is -2.04. The molecule has 0 aliphatic rings. The predicted molar refractivity (Wildman–Crippen MR) is 365 cm³/mol. The summed E-state index contributed by atoms with van der Waals surface area (Å²) in [5.41, 5.74) is 14.2. The predicted octanol–water partition coefficient (Wildman–Crippen LogP) is 17.1. The zero-order valence-corrected chi connectivity index (χ0v) is 51.1. The van der Waals surface area contributed by atoms with Gasteiger partial charge in [0, 0.05) is 37.4 Å². The SMILES string of the molecule is BrCc1ccccc1.C.C.C.C.C.CC.CC.CC.CC.CC.ClCc1cncn1Cc1ccccc1.NCc1ccccc1.O.O.O=C(Cl)C(=O)Cl.OCc1c[nH]c(=S)n1Cc1ccccc1.OCc1cncn1Cc1ccccc1. The first-order chi connectivity index (χ1) is 36.6. The minimum absolute atomic E-state index is 0. The van der Waals surface area contributed by atoms with Gasteiger partial charge >= 0.3 is 10.5 Å². The molecule has 9 N–H and O–H groups in total. The van der Waals surface area contributed by atoms with Gasteiger partial charge in [-0.05, 0) is 63.2 Å². The van der Waals surface area contributed by atoms with Crippen molar-refractivity contribution in [3.05, 3.63) is 233 Å². The minimum atomic E-state index is -1.14. The number of nitrogens with zero attached hydrogens (tertiary/aromatic N) is 5. The monoisotopic (exact) mass is 1280 g/mol. The zero-order valence-electron chi connectivity index (χ0n) is 46.4. The van der Waals surface area contributed by atoms with Crippen molar-refractivity contribution in [2.24, 2.45) is 5.73 Å². The first-order valence-corrected chi connectivity index (χ1v) is 27.8. The summed E-state index contributed by atoms with van der Waals surface area (Å²) in [6, 6.07) is 50.7. The molecule has 0 radical (unpaired) electrons. The van der Waals surface area contributed by atoms with E-state index in [4.69, 9.17) is 39.8 Å². The summed E-state index contributed by atoms with van der Waals surface area (Å²) in [7, 11) is 0. The molecule has 0 aliphatic heterocycles. The third-order valence-corrected chi connectivity index (χ3v) is 10.5. The van der Waals surface area contributed by atoms with Crippen LogP contribution in [0, 0.1) is 4.77 Å². The Kier molecular flexibility index (Phi) is 83.8. The summed E-state index contributed by atoms with van der Waals surface area (Å²) >= 11 is 23.3. The fourth-order valence-corrected chi connectivity index (χ4v) is 6.30. The van der Waals surface area contributed by atoms with E-state index < -0.39 is 10.5 Å². The van der Waals surface area contributed by atoms with E-state index in [9.17, 15) is 9.59 Å². The van der Waals surface area contributed by atoms with Crippen LogP contribution in [0.15, 0.2) is 183 Å². The number of H-pyrrole nitrogens is 1. The fourth-order valence-electron chi connectivity index (χ4n) is 5.47. The number of aromatic amines is 1. The summed E-state index contributed by atoms with van der Waals surface area (Å²) in [5.74, 6) is 0.507. The van der Waals surface area contributed by atoms with Crippen LogP contribution >= 0.6 is 63.0 Å². The van der Waals surface area contributed by atoms with Crippen molar-refractivity contribution >= 4 is 73.4 Å². The van der Waals surface area contributed by atoms with Gasteiger partial charge in [-0.3, -0.25) is 9.59 Å². The second-order valence-corrected chi connectivity index (χ2v) is 15.4. The van der Waals surface area contributed by atoms with Crippen LogP contribution < -0.4 is 5.73 Å². The first kappa shape index (κ1) is 98.6. The Bertz CT molecular complexity index is 2430. The van der Waals surface area contributed by atoms with Gasteiger partial charge in [-0.1, -0.05) is 274 Å². The number of aliphatic hydroxyl groups excluding tert-OH is 2. The molecule has 0 aliphatic carbocycles. The molecule has 0 saturated carbocycles. The molecule has 5 aromatic carbocycles. The molecule has 18 heteroatoms. The largest absolute Gasteiger partial charge is 0.412 e. The maximum absolute atomic E-state index is 9.43. The number of alkyl halides is 2. The Morgan fingerprint density at radius 1 is 0.512 bits per heavy atom. The van der Waals surface area contributed by atoms with Crippen LogP contribution in [-0.2, 0) is 60.2 Å². The van der Waals surface area contributed by atoms with Crippen LogP contribution in [0.25, 0.3) is 0 Å². The number of imidazole rings is 3. The molecule has 8 aromatic rings. The van der Waals surface area contributed by atoms with Crippen LogP contribution in [0.3, 0.4) is 0 Å². The molecule has 0 atom stereocenters. The van der Waals surface area contributed by atoms with Crippen LogP contribution in [-0.4, -0.2) is 60.3 Å². The number of aliphatic hydroxyl groups is 2. The topological polar surface area (TPSA) is 220 Å². The van der Waals surface area contributed by atoms with E-state index in [0.717, 1.165) is 35.5 Å².